The monoisotopic (exact) mass is 307 g/mol. The van der Waals surface area contributed by atoms with Crippen LogP contribution in [0.15, 0.2) is 22.4 Å². The topological polar surface area (TPSA) is 26.0 Å². The molecular formula is C8H6INS2. The summed E-state index contributed by atoms with van der Waals surface area (Å²) < 4.78 is 3.32. The highest BCUT2D eigenvalue weighted by atomic mass is 127. The van der Waals surface area contributed by atoms with Crippen LogP contribution in [0.1, 0.15) is 0 Å². The molecule has 0 radical (unpaired) electrons. The van der Waals surface area contributed by atoms with Crippen LogP contribution in [0.25, 0.3) is 10.1 Å². The number of thiophene rings is 1. The van der Waals surface area contributed by atoms with E-state index < -0.39 is 0 Å². The number of thiol groups is 1. The van der Waals surface area contributed by atoms with E-state index in [1.54, 1.807) is 11.3 Å². The third-order valence-electron chi connectivity index (χ3n) is 1.68. The van der Waals surface area contributed by atoms with Crippen LogP contribution in [0.5, 0.6) is 0 Å². The SMILES string of the molecule is Nc1c(S)sc2cccc(I)c12. The van der Waals surface area contributed by atoms with Crippen LogP contribution in [0.3, 0.4) is 0 Å². The van der Waals surface area contributed by atoms with E-state index in [1.165, 1.54) is 8.27 Å². The van der Waals surface area contributed by atoms with Crippen molar-refractivity contribution >= 4 is 62.3 Å². The Balaban J connectivity index is 2.97. The Bertz CT molecular complexity index is 436. The van der Waals surface area contributed by atoms with Gasteiger partial charge in [-0.05, 0) is 34.7 Å². The van der Waals surface area contributed by atoms with E-state index in [1.807, 2.05) is 6.07 Å². The van der Waals surface area contributed by atoms with Gasteiger partial charge in [0.1, 0.15) is 0 Å². The van der Waals surface area contributed by atoms with Gasteiger partial charge in [-0.25, -0.2) is 0 Å². The van der Waals surface area contributed by atoms with Crippen LogP contribution in [-0.2, 0) is 0 Å². The summed E-state index contributed by atoms with van der Waals surface area (Å²) in [6.45, 7) is 0. The second-order valence-corrected chi connectivity index (χ2v) is 5.40. The van der Waals surface area contributed by atoms with E-state index in [2.05, 4.69) is 47.4 Å². The van der Waals surface area contributed by atoms with E-state index in [9.17, 15) is 0 Å². The first-order valence-corrected chi connectivity index (χ1v) is 5.70. The molecule has 1 nitrogen and oxygen atoms in total. The number of rotatable bonds is 0. The molecule has 2 aromatic rings. The molecule has 0 aliphatic heterocycles. The number of anilines is 1. The van der Waals surface area contributed by atoms with Gasteiger partial charge in [0.25, 0.3) is 0 Å². The van der Waals surface area contributed by atoms with Crippen molar-refractivity contribution in [1.82, 2.24) is 0 Å². The molecule has 1 heterocycles. The van der Waals surface area contributed by atoms with Crippen molar-refractivity contribution in [2.75, 3.05) is 5.73 Å². The highest BCUT2D eigenvalue weighted by molar-refractivity contribution is 14.1. The number of nitrogen functional groups attached to an aromatic ring is 1. The number of hydrogen-bond acceptors (Lipinski definition) is 3. The number of benzene rings is 1. The molecule has 2 N–H and O–H groups in total. The van der Waals surface area contributed by atoms with Gasteiger partial charge < -0.3 is 5.73 Å². The quantitative estimate of drug-likeness (QED) is 0.566. The van der Waals surface area contributed by atoms with Gasteiger partial charge in [-0.2, -0.15) is 0 Å². The molecule has 0 fully saturated rings. The van der Waals surface area contributed by atoms with Crippen molar-refractivity contribution in [3.05, 3.63) is 21.8 Å². The van der Waals surface area contributed by atoms with Gasteiger partial charge in [-0.15, -0.1) is 24.0 Å². The third-order valence-corrected chi connectivity index (χ3v) is 4.07. The van der Waals surface area contributed by atoms with E-state index in [0.717, 1.165) is 15.3 Å². The van der Waals surface area contributed by atoms with Crippen molar-refractivity contribution < 1.29 is 0 Å². The van der Waals surface area contributed by atoms with Crippen molar-refractivity contribution in [3.8, 4) is 0 Å². The Morgan fingerprint density at radius 1 is 1.42 bits per heavy atom. The first kappa shape index (κ1) is 8.65. The maximum absolute atomic E-state index is 5.87. The Morgan fingerprint density at radius 2 is 2.17 bits per heavy atom. The summed E-state index contributed by atoms with van der Waals surface area (Å²) in [4.78, 5) is 0. The number of hydrogen-bond donors (Lipinski definition) is 2. The van der Waals surface area contributed by atoms with E-state index in [4.69, 9.17) is 5.73 Å². The molecule has 4 heteroatoms. The molecule has 12 heavy (non-hydrogen) atoms. The van der Waals surface area contributed by atoms with Gasteiger partial charge in [0.2, 0.25) is 0 Å². The molecule has 0 saturated carbocycles. The fourth-order valence-corrected chi connectivity index (χ4v) is 3.38. The Morgan fingerprint density at radius 3 is 2.83 bits per heavy atom. The summed E-state index contributed by atoms with van der Waals surface area (Å²) >= 11 is 8.21. The van der Waals surface area contributed by atoms with Crippen LogP contribution < -0.4 is 5.73 Å². The molecular weight excluding hydrogens is 301 g/mol. The Hall–Kier alpha value is 0.0600. The average molecular weight is 307 g/mol. The second-order valence-electron chi connectivity index (χ2n) is 2.43. The largest absolute Gasteiger partial charge is 0.397 e. The summed E-state index contributed by atoms with van der Waals surface area (Å²) in [6.07, 6.45) is 0. The van der Waals surface area contributed by atoms with Crippen LogP contribution in [0.2, 0.25) is 0 Å². The van der Waals surface area contributed by atoms with E-state index in [0.29, 0.717) is 0 Å². The molecule has 0 spiro atoms. The van der Waals surface area contributed by atoms with Crippen LogP contribution >= 0.6 is 46.6 Å². The number of nitrogens with two attached hydrogens (primary N) is 1. The second kappa shape index (κ2) is 3.08. The molecule has 2 rings (SSSR count). The smallest absolute Gasteiger partial charge is 0.0811 e. The van der Waals surface area contributed by atoms with E-state index in [-0.39, 0.29) is 0 Å². The fourth-order valence-electron chi connectivity index (χ4n) is 1.12. The molecule has 0 amide bonds. The summed E-state index contributed by atoms with van der Waals surface area (Å²) in [7, 11) is 0. The molecule has 0 bridgehead atoms. The van der Waals surface area contributed by atoms with Crippen molar-refractivity contribution in [1.29, 1.82) is 0 Å². The van der Waals surface area contributed by atoms with Gasteiger partial charge in [-0.3, -0.25) is 0 Å². The average Bonchev–Trinajstić information content (AvgIpc) is 2.29. The first-order chi connectivity index (χ1) is 5.70. The van der Waals surface area contributed by atoms with Gasteiger partial charge in [0.05, 0.1) is 9.90 Å². The highest BCUT2D eigenvalue weighted by Gasteiger charge is 2.08. The fraction of sp³-hybridized carbons (Fsp3) is 0. The molecule has 0 unspecified atom stereocenters. The van der Waals surface area contributed by atoms with Gasteiger partial charge in [0, 0.05) is 13.7 Å². The first-order valence-electron chi connectivity index (χ1n) is 3.35. The predicted molar refractivity (Wildman–Crippen MR) is 66.2 cm³/mol. The molecule has 0 atom stereocenters. The highest BCUT2D eigenvalue weighted by Crippen LogP contribution is 2.38. The third kappa shape index (κ3) is 1.22. The van der Waals surface area contributed by atoms with Crippen LogP contribution in [-0.4, -0.2) is 0 Å². The van der Waals surface area contributed by atoms with Gasteiger partial charge in [0.15, 0.2) is 0 Å². The minimum absolute atomic E-state index is 0.809. The minimum Gasteiger partial charge on any atom is -0.397 e. The van der Waals surface area contributed by atoms with Crippen molar-refractivity contribution in [2.45, 2.75) is 4.21 Å². The lowest BCUT2D eigenvalue weighted by atomic mass is 10.2. The maximum atomic E-state index is 5.87. The van der Waals surface area contributed by atoms with Crippen molar-refractivity contribution in [3.63, 3.8) is 0 Å². The van der Waals surface area contributed by atoms with Crippen LogP contribution in [0, 0.1) is 3.57 Å². The zero-order valence-electron chi connectivity index (χ0n) is 6.04. The number of halogens is 1. The van der Waals surface area contributed by atoms with Gasteiger partial charge in [-0.1, -0.05) is 6.07 Å². The molecule has 0 aliphatic rings. The summed E-state index contributed by atoms with van der Waals surface area (Å²) in [5.41, 5.74) is 6.68. The molecule has 0 aliphatic carbocycles. The lowest BCUT2D eigenvalue weighted by Crippen LogP contribution is -1.83. The molecule has 1 aromatic carbocycles. The zero-order valence-corrected chi connectivity index (χ0v) is 9.91. The summed E-state index contributed by atoms with van der Waals surface area (Å²) in [5.74, 6) is 0. The van der Waals surface area contributed by atoms with Crippen LogP contribution in [0.4, 0.5) is 5.69 Å². The normalized spacial score (nSPS) is 10.8. The molecule has 62 valence electrons. The van der Waals surface area contributed by atoms with E-state index >= 15 is 0 Å². The molecule has 0 saturated heterocycles. The predicted octanol–water partition coefficient (Wildman–Crippen LogP) is 3.38. The Kier molecular flexibility index (Phi) is 2.22. The number of fused-ring (bicyclic) bond motifs is 1. The minimum atomic E-state index is 0.809. The van der Waals surface area contributed by atoms with Crippen molar-refractivity contribution in [2.24, 2.45) is 0 Å². The zero-order chi connectivity index (χ0) is 8.72. The maximum Gasteiger partial charge on any atom is 0.0811 e. The summed E-state index contributed by atoms with van der Waals surface area (Å²) in [5, 5.41) is 1.15. The standard InChI is InChI=1S/C8H6INS2/c9-4-2-1-3-5-6(4)7(10)8(11)12-5/h1-3,11H,10H2. The lowest BCUT2D eigenvalue weighted by molar-refractivity contribution is 1.70. The Labute approximate surface area is 93.5 Å². The van der Waals surface area contributed by atoms with Gasteiger partial charge >= 0.3 is 0 Å². The molecule has 1 aromatic heterocycles. The summed E-state index contributed by atoms with van der Waals surface area (Å²) in [6, 6.07) is 6.16. The lowest BCUT2D eigenvalue weighted by Gasteiger charge is -1.94.